The van der Waals surface area contributed by atoms with Crippen molar-refractivity contribution in [3.05, 3.63) is 83.7 Å². The first-order chi connectivity index (χ1) is 24.1. The number of halogens is 4. The number of carbonyl (C=O) groups is 2. The molecule has 0 saturated carbocycles. The van der Waals surface area contributed by atoms with Gasteiger partial charge in [0.05, 0.1) is 17.7 Å². The lowest BCUT2D eigenvalue weighted by Crippen LogP contribution is -2.34. The van der Waals surface area contributed by atoms with E-state index in [-0.39, 0.29) is 24.3 Å². The highest BCUT2D eigenvalue weighted by Crippen LogP contribution is 2.29. The summed E-state index contributed by atoms with van der Waals surface area (Å²) < 4.78 is 75.9. The summed E-state index contributed by atoms with van der Waals surface area (Å²) in [5.41, 5.74) is 1.29. The van der Waals surface area contributed by atoms with E-state index in [4.69, 9.17) is 14.2 Å². The van der Waals surface area contributed by atoms with Gasteiger partial charge < -0.3 is 18.9 Å². The van der Waals surface area contributed by atoms with Gasteiger partial charge in [0.25, 0.3) is 0 Å². The standard InChI is InChI=1S/C40H50F4O6/c1-3-5-6-7-8-9-10-11-12-14-28-48-33-23-21-31(22-24-33)30-17-19-32(20-18-30)38(45)49-34-25-26-35(36(41)29-34)39(46)50-37(40(42,43)44)16-13-15-27-47-4-2/h17-26,29,37H,3-16,27-28H2,1-2H3. The summed E-state index contributed by atoms with van der Waals surface area (Å²) in [5.74, 6) is -2.83. The average molecular weight is 703 g/mol. The van der Waals surface area contributed by atoms with Gasteiger partial charge in [0.1, 0.15) is 17.3 Å². The van der Waals surface area contributed by atoms with Crippen LogP contribution in [-0.2, 0) is 9.47 Å². The Labute approximate surface area is 293 Å². The maximum Gasteiger partial charge on any atom is 0.425 e. The quantitative estimate of drug-likeness (QED) is 0.0424. The van der Waals surface area contributed by atoms with Crippen LogP contribution in [0.4, 0.5) is 17.6 Å². The molecule has 1 atom stereocenters. The van der Waals surface area contributed by atoms with E-state index >= 15 is 0 Å². The molecule has 6 nitrogen and oxygen atoms in total. The first-order valence-electron chi connectivity index (χ1n) is 17.8. The van der Waals surface area contributed by atoms with E-state index in [1.807, 2.05) is 24.3 Å². The highest BCUT2D eigenvalue weighted by molar-refractivity contribution is 5.92. The summed E-state index contributed by atoms with van der Waals surface area (Å²) in [7, 11) is 0. The monoisotopic (exact) mass is 702 g/mol. The highest BCUT2D eigenvalue weighted by atomic mass is 19.4. The third-order valence-electron chi connectivity index (χ3n) is 8.27. The van der Waals surface area contributed by atoms with Gasteiger partial charge in [0.15, 0.2) is 6.10 Å². The summed E-state index contributed by atoms with van der Waals surface area (Å²) in [6.45, 7) is 5.42. The number of rotatable bonds is 23. The van der Waals surface area contributed by atoms with Crippen LogP contribution in [-0.4, -0.2) is 44.0 Å². The lowest BCUT2D eigenvalue weighted by molar-refractivity contribution is -0.206. The molecular formula is C40H50F4O6. The van der Waals surface area contributed by atoms with Crippen molar-refractivity contribution in [2.45, 2.75) is 110 Å². The topological polar surface area (TPSA) is 71.1 Å². The molecule has 0 bridgehead atoms. The van der Waals surface area contributed by atoms with Crippen LogP contribution in [0.15, 0.2) is 66.7 Å². The number of ether oxygens (including phenoxy) is 4. The van der Waals surface area contributed by atoms with Gasteiger partial charge in [-0.15, -0.1) is 0 Å². The molecule has 274 valence electrons. The van der Waals surface area contributed by atoms with Crippen LogP contribution in [0, 0.1) is 5.82 Å². The van der Waals surface area contributed by atoms with Crippen molar-refractivity contribution in [1.82, 2.24) is 0 Å². The summed E-state index contributed by atoms with van der Waals surface area (Å²) in [4.78, 5) is 25.1. The Morgan fingerprint density at radius 1 is 0.660 bits per heavy atom. The maximum atomic E-state index is 14.7. The Bertz CT molecular complexity index is 1420. The first kappa shape index (κ1) is 40.5. The Balaban J connectivity index is 1.44. The molecule has 0 saturated heterocycles. The van der Waals surface area contributed by atoms with E-state index in [9.17, 15) is 27.2 Å². The van der Waals surface area contributed by atoms with Crippen LogP contribution in [0.1, 0.15) is 118 Å². The van der Waals surface area contributed by atoms with E-state index in [2.05, 4.69) is 11.7 Å². The van der Waals surface area contributed by atoms with Gasteiger partial charge in [0, 0.05) is 19.3 Å². The Morgan fingerprint density at radius 3 is 1.80 bits per heavy atom. The van der Waals surface area contributed by atoms with Gasteiger partial charge in [-0.3, -0.25) is 0 Å². The molecule has 3 aromatic rings. The van der Waals surface area contributed by atoms with E-state index in [0.29, 0.717) is 19.6 Å². The Morgan fingerprint density at radius 2 is 1.22 bits per heavy atom. The van der Waals surface area contributed by atoms with Crippen LogP contribution in [0.3, 0.4) is 0 Å². The van der Waals surface area contributed by atoms with Crippen molar-refractivity contribution in [2.75, 3.05) is 19.8 Å². The second-order valence-electron chi connectivity index (χ2n) is 12.3. The van der Waals surface area contributed by atoms with Crippen LogP contribution in [0.25, 0.3) is 11.1 Å². The first-order valence-corrected chi connectivity index (χ1v) is 17.8. The maximum absolute atomic E-state index is 14.7. The fourth-order valence-corrected chi connectivity index (χ4v) is 5.37. The van der Waals surface area contributed by atoms with E-state index in [1.165, 1.54) is 57.8 Å². The lowest BCUT2D eigenvalue weighted by Gasteiger charge is -2.21. The molecule has 50 heavy (non-hydrogen) atoms. The van der Waals surface area contributed by atoms with Crippen molar-refractivity contribution in [3.63, 3.8) is 0 Å². The van der Waals surface area contributed by atoms with Crippen molar-refractivity contribution in [1.29, 1.82) is 0 Å². The highest BCUT2D eigenvalue weighted by Gasteiger charge is 2.42. The molecule has 0 aliphatic heterocycles. The van der Waals surface area contributed by atoms with E-state index in [1.54, 1.807) is 31.2 Å². The molecular weight excluding hydrogens is 652 g/mol. The molecule has 0 aliphatic carbocycles. The summed E-state index contributed by atoms with van der Waals surface area (Å²) in [5, 5.41) is 0. The van der Waals surface area contributed by atoms with Gasteiger partial charge in [-0.2, -0.15) is 13.2 Å². The number of hydrogen-bond acceptors (Lipinski definition) is 6. The lowest BCUT2D eigenvalue weighted by atomic mass is 10.0. The fourth-order valence-electron chi connectivity index (χ4n) is 5.37. The third-order valence-corrected chi connectivity index (χ3v) is 8.27. The second-order valence-corrected chi connectivity index (χ2v) is 12.3. The zero-order chi connectivity index (χ0) is 36.2. The second kappa shape index (κ2) is 22.0. The minimum absolute atomic E-state index is 0.108. The zero-order valence-electron chi connectivity index (χ0n) is 29.2. The van der Waals surface area contributed by atoms with Gasteiger partial charge in [-0.25, -0.2) is 14.0 Å². The van der Waals surface area contributed by atoms with Crippen molar-refractivity contribution in [3.8, 4) is 22.6 Å². The smallest absolute Gasteiger partial charge is 0.425 e. The summed E-state index contributed by atoms with van der Waals surface area (Å²) in [6.07, 6.45) is 5.49. The number of hydrogen-bond donors (Lipinski definition) is 0. The molecule has 0 N–H and O–H groups in total. The molecule has 0 aromatic heterocycles. The average Bonchev–Trinajstić information content (AvgIpc) is 3.10. The van der Waals surface area contributed by atoms with Gasteiger partial charge in [-0.1, -0.05) is 89.0 Å². The number of unbranched alkanes of at least 4 members (excludes halogenated alkanes) is 10. The van der Waals surface area contributed by atoms with Crippen LogP contribution >= 0.6 is 0 Å². The van der Waals surface area contributed by atoms with Gasteiger partial charge >= 0.3 is 18.1 Å². The molecule has 0 spiro atoms. The summed E-state index contributed by atoms with van der Waals surface area (Å²) in [6, 6.07) is 17.2. The van der Waals surface area contributed by atoms with Crippen molar-refractivity contribution in [2.24, 2.45) is 0 Å². The minimum Gasteiger partial charge on any atom is -0.494 e. The third kappa shape index (κ3) is 14.5. The van der Waals surface area contributed by atoms with E-state index in [0.717, 1.165) is 41.5 Å². The molecule has 1 unspecified atom stereocenters. The van der Waals surface area contributed by atoms with Crippen molar-refractivity contribution < 1.29 is 46.1 Å². The van der Waals surface area contributed by atoms with Gasteiger partial charge in [-0.05, 0) is 80.1 Å². The number of benzene rings is 3. The predicted molar refractivity (Wildman–Crippen MR) is 186 cm³/mol. The van der Waals surface area contributed by atoms with Gasteiger partial charge in [0.2, 0.25) is 0 Å². The number of esters is 2. The molecule has 0 aliphatic rings. The molecule has 0 amide bonds. The number of carbonyl (C=O) groups excluding carboxylic acids is 2. The van der Waals surface area contributed by atoms with Crippen LogP contribution < -0.4 is 9.47 Å². The van der Waals surface area contributed by atoms with Crippen LogP contribution in [0.5, 0.6) is 11.5 Å². The van der Waals surface area contributed by atoms with Crippen LogP contribution in [0.2, 0.25) is 0 Å². The SMILES string of the molecule is CCCCCCCCCCCCOc1ccc(-c2ccc(C(=O)Oc3ccc(C(=O)OC(CCCCOCC)C(F)(F)F)c(F)c3)cc2)cc1. The molecule has 3 aromatic carbocycles. The minimum atomic E-state index is -4.81. The largest absolute Gasteiger partial charge is 0.494 e. The number of alkyl halides is 3. The molecule has 10 heteroatoms. The predicted octanol–water partition coefficient (Wildman–Crippen LogP) is 11.3. The van der Waals surface area contributed by atoms with E-state index < -0.39 is 42.0 Å². The molecule has 0 radical (unpaired) electrons. The zero-order valence-corrected chi connectivity index (χ0v) is 29.2. The molecule has 0 heterocycles. The van der Waals surface area contributed by atoms with Crippen molar-refractivity contribution >= 4 is 11.9 Å². The molecule has 3 rings (SSSR count). The summed E-state index contributed by atoms with van der Waals surface area (Å²) >= 11 is 0. The Kier molecular flexibility index (Phi) is 17.8. The fraction of sp³-hybridized carbons (Fsp3) is 0.500. The Hall–Kier alpha value is -3.92. The normalized spacial score (nSPS) is 12.0. The molecule has 0 fully saturated rings.